The van der Waals surface area contributed by atoms with Crippen molar-refractivity contribution in [1.29, 1.82) is 0 Å². The number of rotatable bonds is 10. The Morgan fingerprint density at radius 2 is 0.911 bits per heavy atom. The highest BCUT2D eigenvalue weighted by Gasteiger charge is 2.47. The fourth-order valence-corrected chi connectivity index (χ4v) is 14.1. The lowest BCUT2D eigenvalue weighted by molar-refractivity contribution is 0.445. The first-order valence-electron chi connectivity index (χ1n) is 28.3. The highest BCUT2D eigenvalue weighted by atomic mass is 15.1. The van der Waals surface area contributed by atoms with Gasteiger partial charge in [-0.25, -0.2) is 0 Å². The number of benzene rings is 12. The van der Waals surface area contributed by atoms with Gasteiger partial charge in [0.05, 0.1) is 27.8 Å². The highest BCUT2D eigenvalue weighted by Crippen LogP contribution is 2.59. The van der Waals surface area contributed by atoms with Crippen molar-refractivity contribution in [2.45, 2.75) is 43.4 Å². The van der Waals surface area contributed by atoms with Gasteiger partial charge < -0.3 is 9.47 Å². The van der Waals surface area contributed by atoms with E-state index in [2.05, 4.69) is 295 Å². The van der Waals surface area contributed by atoms with Gasteiger partial charge in [-0.05, 0) is 145 Å². The Hall–Kier alpha value is -9.50. The molecule has 0 radical (unpaired) electrons. The molecule has 0 N–H and O–H groups in total. The zero-order valence-corrected chi connectivity index (χ0v) is 44.1. The van der Waals surface area contributed by atoms with E-state index in [-0.39, 0.29) is 0 Å². The minimum Gasteiger partial charge on any atom is -0.309 e. The molecule has 0 spiro atoms. The number of hydrogen-bond acceptors (Lipinski definition) is 1. The van der Waals surface area contributed by atoms with Gasteiger partial charge in [-0.3, -0.25) is 0 Å². The molecule has 0 bridgehead atoms. The van der Waals surface area contributed by atoms with Gasteiger partial charge in [-0.1, -0.05) is 250 Å². The van der Waals surface area contributed by atoms with Crippen molar-refractivity contribution in [2.24, 2.45) is 0 Å². The number of fused-ring (bicyclic) bond motifs is 7. The number of para-hydroxylation sites is 4. The van der Waals surface area contributed by atoms with E-state index < -0.39 is 5.41 Å². The van der Waals surface area contributed by atoms with Crippen LogP contribution >= 0.6 is 0 Å². The predicted molar refractivity (Wildman–Crippen MR) is 332 cm³/mol. The molecule has 13 aromatic rings. The standard InChI is InChI=1S/C77H58N2/c1-5-25-53(26-6-1)61-41-22-27-54-28-23-42-65(75(54)61)62-37-14-18-46-71(62)79(60-36-21-29-55(51-60)56-49-50-74-68(52-56)64-39-16-20-48-73(64)78(74)59-34-11-4-12-35-59)72-47-19-15-38-63(72)66-43-24-45-70-76(66)67-40-13-17-44-69(67)77(70,57-30-7-2-8-31-57)58-32-9-3-10-33-58/h2-4,7-24,27-53H,1,5-6,25-26H2. The molecule has 0 aliphatic heterocycles. The van der Waals surface area contributed by atoms with Gasteiger partial charge >= 0.3 is 0 Å². The molecule has 2 nitrogen and oxygen atoms in total. The Balaban J connectivity index is 0.973. The summed E-state index contributed by atoms with van der Waals surface area (Å²) in [6, 6.07) is 107. The monoisotopic (exact) mass is 1010 g/mol. The number of nitrogens with zero attached hydrogens (tertiary/aromatic N) is 2. The summed E-state index contributed by atoms with van der Waals surface area (Å²) in [5, 5.41) is 5.16. The van der Waals surface area contributed by atoms with Crippen LogP contribution in [0.2, 0.25) is 0 Å². The molecule has 0 amide bonds. The molecule has 1 aromatic heterocycles. The lowest BCUT2D eigenvalue weighted by Gasteiger charge is -2.34. The minimum atomic E-state index is -0.529. The van der Waals surface area contributed by atoms with Crippen molar-refractivity contribution in [3.05, 3.63) is 313 Å². The fourth-order valence-electron chi connectivity index (χ4n) is 14.1. The van der Waals surface area contributed by atoms with E-state index in [1.165, 1.54) is 131 Å². The van der Waals surface area contributed by atoms with E-state index >= 15 is 0 Å². The van der Waals surface area contributed by atoms with Crippen LogP contribution in [0.3, 0.4) is 0 Å². The van der Waals surface area contributed by atoms with Crippen LogP contribution in [0.4, 0.5) is 17.1 Å². The topological polar surface area (TPSA) is 8.17 Å². The van der Waals surface area contributed by atoms with Crippen molar-refractivity contribution >= 4 is 49.6 Å². The number of anilines is 3. The Labute approximate surface area is 463 Å². The van der Waals surface area contributed by atoms with Crippen molar-refractivity contribution < 1.29 is 0 Å². The van der Waals surface area contributed by atoms with Gasteiger partial charge in [0.1, 0.15) is 0 Å². The largest absolute Gasteiger partial charge is 0.309 e. The molecule has 376 valence electrons. The highest BCUT2D eigenvalue weighted by molar-refractivity contribution is 6.11. The third-order valence-corrected chi connectivity index (χ3v) is 17.5. The van der Waals surface area contributed by atoms with Crippen LogP contribution in [-0.4, -0.2) is 4.57 Å². The lowest BCUT2D eigenvalue weighted by atomic mass is 9.67. The third kappa shape index (κ3) is 7.61. The number of aromatic nitrogens is 1. The van der Waals surface area contributed by atoms with E-state index in [0.717, 1.165) is 28.3 Å². The summed E-state index contributed by atoms with van der Waals surface area (Å²) in [5.41, 5.74) is 22.7. The second-order valence-corrected chi connectivity index (χ2v) is 21.7. The van der Waals surface area contributed by atoms with Crippen molar-refractivity contribution in [3.63, 3.8) is 0 Å². The first-order valence-corrected chi connectivity index (χ1v) is 28.3. The van der Waals surface area contributed by atoms with Gasteiger partial charge in [0.15, 0.2) is 0 Å². The Morgan fingerprint density at radius 3 is 1.66 bits per heavy atom. The molecule has 2 heteroatoms. The summed E-state index contributed by atoms with van der Waals surface area (Å²) in [4.78, 5) is 2.57. The fraction of sp³-hybridized carbons (Fsp3) is 0.0909. The van der Waals surface area contributed by atoms with Crippen molar-refractivity contribution in [2.75, 3.05) is 4.90 Å². The maximum absolute atomic E-state index is 2.57. The average Bonchev–Trinajstić information content (AvgIpc) is 4.26. The minimum absolute atomic E-state index is 0.529. The Kier molecular flexibility index (Phi) is 11.5. The molecule has 0 unspecified atom stereocenters. The summed E-state index contributed by atoms with van der Waals surface area (Å²) in [6.45, 7) is 0. The van der Waals surface area contributed by atoms with Crippen molar-refractivity contribution in [1.82, 2.24) is 4.57 Å². The van der Waals surface area contributed by atoms with E-state index in [1.807, 2.05) is 0 Å². The summed E-state index contributed by atoms with van der Waals surface area (Å²) in [6.07, 6.45) is 6.37. The molecule has 2 aliphatic carbocycles. The van der Waals surface area contributed by atoms with Gasteiger partial charge in [0, 0.05) is 33.3 Å². The second-order valence-electron chi connectivity index (χ2n) is 21.7. The third-order valence-electron chi connectivity index (χ3n) is 17.5. The Bertz CT molecular complexity index is 4360. The Morgan fingerprint density at radius 1 is 0.367 bits per heavy atom. The average molecular weight is 1010 g/mol. The van der Waals surface area contributed by atoms with Crippen LogP contribution in [0.25, 0.3) is 82.8 Å². The SMILES string of the molecule is c1ccc(-n2c3ccccc3c3cc(-c4cccc(N(c5ccccc5-c5cccc6c5-c5ccccc5C6(c5ccccc5)c5ccccc5)c5ccccc5-c5cccc6cccc(C7CCCCC7)c56)c4)ccc32)cc1. The van der Waals surface area contributed by atoms with Crippen LogP contribution in [0.1, 0.15) is 65.8 Å². The molecule has 1 saturated carbocycles. The summed E-state index contributed by atoms with van der Waals surface area (Å²) in [7, 11) is 0. The smallest absolute Gasteiger partial charge is 0.0713 e. The molecule has 0 saturated heterocycles. The normalized spacial score (nSPS) is 13.9. The zero-order valence-electron chi connectivity index (χ0n) is 44.1. The van der Waals surface area contributed by atoms with E-state index in [4.69, 9.17) is 0 Å². The molecule has 1 heterocycles. The van der Waals surface area contributed by atoms with Gasteiger partial charge in [-0.2, -0.15) is 0 Å². The van der Waals surface area contributed by atoms with Crippen molar-refractivity contribution in [3.8, 4) is 50.2 Å². The van der Waals surface area contributed by atoms with Gasteiger partial charge in [0.2, 0.25) is 0 Å². The summed E-state index contributed by atoms with van der Waals surface area (Å²) >= 11 is 0. The maximum Gasteiger partial charge on any atom is 0.0713 e. The van der Waals surface area contributed by atoms with E-state index in [1.54, 1.807) is 0 Å². The van der Waals surface area contributed by atoms with Gasteiger partial charge in [-0.15, -0.1) is 0 Å². The number of hydrogen-bond donors (Lipinski definition) is 0. The first kappa shape index (κ1) is 46.8. The van der Waals surface area contributed by atoms with Crippen LogP contribution in [0.5, 0.6) is 0 Å². The zero-order chi connectivity index (χ0) is 52.3. The quantitative estimate of drug-likeness (QED) is 0.133. The molecule has 1 fully saturated rings. The predicted octanol–water partition coefficient (Wildman–Crippen LogP) is 20.8. The van der Waals surface area contributed by atoms with Crippen LogP contribution in [0, 0.1) is 0 Å². The molecule has 0 atom stereocenters. The molecular formula is C77H58N2. The molecule has 79 heavy (non-hydrogen) atoms. The molecule has 2 aliphatic rings. The second kappa shape index (κ2) is 19.5. The molecular weight excluding hydrogens is 953 g/mol. The van der Waals surface area contributed by atoms with Gasteiger partial charge in [0.25, 0.3) is 0 Å². The first-order chi connectivity index (χ1) is 39.2. The lowest BCUT2D eigenvalue weighted by Crippen LogP contribution is -2.28. The molecule has 15 rings (SSSR count). The summed E-state index contributed by atoms with van der Waals surface area (Å²) in [5.74, 6) is 0.542. The molecule has 12 aromatic carbocycles. The van der Waals surface area contributed by atoms with Crippen LogP contribution in [0.15, 0.2) is 285 Å². The van der Waals surface area contributed by atoms with E-state index in [9.17, 15) is 0 Å². The summed E-state index contributed by atoms with van der Waals surface area (Å²) < 4.78 is 2.40. The maximum atomic E-state index is 2.57. The van der Waals surface area contributed by atoms with E-state index in [0.29, 0.717) is 5.92 Å². The van der Waals surface area contributed by atoms with Crippen LogP contribution < -0.4 is 4.90 Å². The van der Waals surface area contributed by atoms with Crippen LogP contribution in [-0.2, 0) is 5.41 Å².